The Balaban J connectivity index is 1.65. The molecule has 5 nitrogen and oxygen atoms in total. The first-order valence-corrected chi connectivity index (χ1v) is 8.88. The molecule has 0 bridgehead atoms. The largest absolute Gasteiger partial charge is 0.352 e. The lowest BCUT2D eigenvalue weighted by Crippen LogP contribution is -2.36. The van der Waals surface area contributed by atoms with E-state index in [0.717, 1.165) is 28.2 Å². The van der Waals surface area contributed by atoms with Crippen molar-refractivity contribution in [2.24, 2.45) is 4.99 Å². The maximum atomic E-state index is 13.0. The third kappa shape index (κ3) is 4.53. The second kappa shape index (κ2) is 8.49. The fourth-order valence-electron chi connectivity index (χ4n) is 2.93. The van der Waals surface area contributed by atoms with Gasteiger partial charge in [-0.1, -0.05) is 30.3 Å². The predicted molar refractivity (Wildman–Crippen MR) is 106 cm³/mol. The number of aliphatic imine (C=N–C) groups is 1. The van der Waals surface area contributed by atoms with Crippen LogP contribution in [0.4, 0.5) is 4.39 Å². The maximum Gasteiger partial charge on any atom is 0.191 e. The molecule has 0 spiro atoms. The Labute approximate surface area is 159 Å². The summed E-state index contributed by atoms with van der Waals surface area (Å²) in [7, 11) is 1.73. The molecule has 0 radical (unpaired) electrons. The number of aromatic nitrogens is 2. The minimum atomic E-state index is -0.234. The lowest BCUT2D eigenvalue weighted by Gasteiger charge is -2.12. The van der Waals surface area contributed by atoms with Crippen LogP contribution in [-0.2, 0) is 13.1 Å². The van der Waals surface area contributed by atoms with Crippen LogP contribution in [0.3, 0.4) is 0 Å². The molecule has 2 N–H and O–H groups in total. The number of para-hydroxylation sites is 1. The average Bonchev–Trinajstić information content (AvgIpc) is 2.98. The highest BCUT2D eigenvalue weighted by atomic mass is 19.1. The van der Waals surface area contributed by atoms with Gasteiger partial charge in [0.05, 0.1) is 11.4 Å². The number of hydrogen-bond acceptors (Lipinski definition) is 2. The molecular formula is C21H24FN5. The molecule has 0 saturated heterocycles. The number of aryl methyl sites for hydroxylation is 1. The molecule has 140 valence electrons. The lowest BCUT2D eigenvalue weighted by atomic mass is 10.2. The van der Waals surface area contributed by atoms with Crippen LogP contribution in [0.25, 0.3) is 5.69 Å². The van der Waals surface area contributed by atoms with Crippen LogP contribution in [0.5, 0.6) is 0 Å². The van der Waals surface area contributed by atoms with Gasteiger partial charge in [0.2, 0.25) is 0 Å². The van der Waals surface area contributed by atoms with Crippen molar-refractivity contribution < 1.29 is 4.39 Å². The summed E-state index contributed by atoms with van der Waals surface area (Å²) in [6.45, 7) is 5.27. The normalized spacial score (nSPS) is 11.5. The standard InChI is InChI=1S/C21H24FN5/c1-15-20(16(2)27(26-15)19-7-5-4-6-8-19)14-25-21(23-3)24-13-17-9-11-18(22)12-10-17/h4-12H,13-14H2,1-3H3,(H2,23,24,25). The number of hydrogen-bond donors (Lipinski definition) is 2. The van der Waals surface area contributed by atoms with Gasteiger partial charge in [0.15, 0.2) is 5.96 Å². The summed E-state index contributed by atoms with van der Waals surface area (Å²) in [5, 5.41) is 11.2. The average molecular weight is 365 g/mol. The first-order chi connectivity index (χ1) is 13.1. The van der Waals surface area contributed by atoms with Crippen molar-refractivity contribution in [2.45, 2.75) is 26.9 Å². The Morgan fingerprint density at radius 2 is 1.67 bits per heavy atom. The molecule has 0 unspecified atom stereocenters. The number of rotatable bonds is 5. The molecule has 0 aliphatic rings. The maximum absolute atomic E-state index is 13.0. The number of halogens is 1. The first-order valence-electron chi connectivity index (χ1n) is 8.88. The van der Waals surface area contributed by atoms with Gasteiger partial charge in [-0.2, -0.15) is 5.10 Å². The van der Waals surface area contributed by atoms with E-state index in [2.05, 4.69) is 27.6 Å². The molecule has 0 amide bonds. The van der Waals surface area contributed by atoms with Crippen LogP contribution in [-0.4, -0.2) is 22.8 Å². The van der Waals surface area contributed by atoms with Crippen LogP contribution in [0.15, 0.2) is 59.6 Å². The van der Waals surface area contributed by atoms with E-state index in [1.807, 2.05) is 41.9 Å². The minimum Gasteiger partial charge on any atom is -0.352 e. The summed E-state index contributed by atoms with van der Waals surface area (Å²) in [4.78, 5) is 4.25. The van der Waals surface area contributed by atoms with Gasteiger partial charge in [-0.15, -0.1) is 0 Å². The fourth-order valence-corrected chi connectivity index (χ4v) is 2.93. The van der Waals surface area contributed by atoms with Crippen molar-refractivity contribution in [1.29, 1.82) is 0 Å². The molecule has 0 fully saturated rings. The summed E-state index contributed by atoms with van der Waals surface area (Å²) in [6, 6.07) is 16.5. The zero-order chi connectivity index (χ0) is 19.2. The highest BCUT2D eigenvalue weighted by Crippen LogP contribution is 2.17. The van der Waals surface area contributed by atoms with Crippen LogP contribution < -0.4 is 10.6 Å². The molecule has 3 aromatic rings. The van der Waals surface area contributed by atoms with E-state index in [4.69, 9.17) is 0 Å². The van der Waals surface area contributed by atoms with Gasteiger partial charge < -0.3 is 10.6 Å². The molecule has 0 atom stereocenters. The van der Waals surface area contributed by atoms with Crippen molar-refractivity contribution in [3.63, 3.8) is 0 Å². The van der Waals surface area contributed by atoms with Gasteiger partial charge in [-0.05, 0) is 43.7 Å². The van der Waals surface area contributed by atoms with E-state index in [-0.39, 0.29) is 5.82 Å². The number of guanidine groups is 1. The van der Waals surface area contributed by atoms with Crippen LogP contribution in [0.2, 0.25) is 0 Å². The first kappa shape index (κ1) is 18.6. The van der Waals surface area contributed by atoms with Gasteiger partial charge in [0, 0.05) is 31.4 Å². The summed E-state index contributed by atoms with van der Waals surface area (Å²) >= 11 is 0. The summed E-state index contributed by atoms with van der Waals surface area (Å²) in [6.07, 6.45) is 0. The fraction of sp³-hybridized carbons (Fsp3) is 0.238. The molecule has 27 heavy (non-hydrogen) atoms. The van der Waals surface area contributed by atoms with E-state index >= 15 is 0 Å². The van der Waals surface area contributed by atoms with Gasteiger partial charge in [0.1, 0.15) is 5.82 Å². The molecule has 0 aliphatic heterocycles. The van der Waals surface area contributed by atoms with Gasteiger partial charge in [-0.25, -0.2) is 9.07 Å². The number of nitrogens with one attached hydrogen (secondary N) is 2. The third-order valence-electron chi connectivity index (χ3n) is 4.47. The number of nitrogens with zero attached hydrogens (tertiary/aromatic N) is 3. The summed E-state index contributed by atoms with van der Waals surface area (Å²) in [5.41, 5.74) is 5.26. The monoisotopic (exact) mass is 365 g/mol. The van der Waals surface area contributed by atoms with Crippen molar-refractivity contribution in [2.75, 3.05) is 7.05 Å². The van der Waals surface area contributed by atoms with E-state index in [0.29, 0.717) is 19.0 Å². The van der Waals surface area contributed by atoms with Crippen LogP contribution >= 0.6 is 0 Å². The smallest absolute Gasteiger partial charge is 0.191 e. The molecule has 0 saturated carbocycles. The van der Waals surface area contributed by atoms with Crippen molar-refractivity contribution in [3.05, 3.63) is 82.9 Å². The molecule has 2 aromatic carbocycles. The topological polar surface area (TPSA) is 54.2 Å². The molecular weight excluding hydrogens is 341 g/mol. The second-order valence-electron chi connectivity index (χ2n) is 6.30. The number of benzene rings is 2. The molecule has 1 aromatic heterocycles. The van der Waals surface area contributed by atoms with E-state index in [1.54, 1.807) is 19.2 Å². The second-order valence-corrected chi connectivity index (χ2v) is 6.30. The molecule has 0 aliphatic carbocycles. The summed E-state index contributed by atoms with van der Waals surface area (Å²) in [5.74, 6) is 0.452. The molecule has 1 heterocycles. The Bertz CT molecular complexity index is 914. The lowest BCUT2D eigenvalue weighted by molar-refractivity contribution is 0.626. The van der Waals surface area contributed by atoms with E-state index in [1.165, 1.54) is 12.1 Å². The predicted octanol–water partition coefficient (Wildman–Crippen LogP) is 3.49. The zero-order valence-corrected chi connectivity index (χ0v) is 15.8. The zero-order valence-electron chi connectivity index (χ0n) is 15.8. The van der Waals surface area contributed by atoms with Crippen LogP contribution in [0.1, 0.15) is 22.5 Å². The van der Waals surface area contributed by atoms with Gasteiger partial charge in [-0.3, -0.25) is 4.99 Å². The highest BCUT2D eigenvalue weighted by molar-refractivity contribution is 5.79. The Kier molecular flexibility index (Phi) is 5.86. The SMILES string of the molecule is CN=C(NCc1ccc(F)cc1)NCc1c(C)nn(-c2ccccc2)c1C. The molecule has 3 rings (SSSR count). The van der Waals surface area contributed by atoms with Crippen molar-refractivity contribution >= 4 is 5.96 Å². The van der Waals surface area contributed by atoms with Crippen molar-refractivity contribution in [1.82, 2.24) is 20.4 Å². The third-order valence-corrected chi connectivity index (χ3v) is 4.47. The minimum absolute atomic E-state index is 0.234. The van der Waals surface area contributed by atoms with Crippen LogP contribution in [0, 0.1) is 19.7 Å². The quantitative estimate of drug-likeness (QED) is 0.538. The summed E-state index contributed by atoms with van der Waals surface area (Å²) < 4.78 is 15.0. The van der Waals surface area contributed by atoms with E-state index < -0.39 is 0 Å². The Hall–Kier alpha value is -3.15. The van der Waals surface area contributed by atoms with Crippen molar-refractivity contribution in [3.8, 4) is 5.69 Å². The van der Waals surface area contributed by atoms with Gasteiger partial charge in [0.25, 0.3) is 0 Å². The van der Waals surface area contributed by atoms with Gasteiger partial charge >= 0.3 is 0 Å². The Morgan fingerprint density at radius 3 is 2.33 bits per heavy atom. The highest BCUT2D eigenvalue weighted by Gasteiger charge is 2.13. The van der Waals surface area contributed by atoms with E-state index in [9.17, 15) is 4.39 Å². The Morgan fingerprint density at radius 1 is 1.00 bits per heavy atom. The molecule has 6 heteroatoms.